The lowest BCUT2D eigenvalue weighted by Crippen LogP contribution is -2.29. The van der Waals surface area contributed by atoms with E-state index in [1.165, 1.54) is 0 Å². The minimum atomic E-state index is -3.48. The Bertz CT molecular complexity index is 450. The first-order valence-electron chi connectivity index (χ1n) is 5.45. The molecule has 0 aliphatic carbocycles. The number of aromatic nitrogens is 2. The first-order valence-corrected chi connectivity index (χ1v) is 7.47. The van der Waals surface area contributed by atoms with Crippen LogP contribution in [0.3, 0.4) is 0 Å². The largest absolute Gasteiger partial charge is 0.281 e. The van der Waals surface area contributed by atoms with Crippen molar-refractivity contribution in [2.45, 2.75) is 32.1 Å². The fraction of sp³-hybridized carbons (Fsp3) is 0.700. The third-order valence-electron chi connectivity index (χ3n) is 2.55. The fourth-order valence-corrected chi connectivity index (χ4v) is 3.45. The molecule has 1 rings (SSSR count). The van der Waals surface area contributed by atoms with Gasteiger partial charge in [0.1, 0.15) is 4.90 Å². The first kappa shape index (κ1) is 14.5. The summed E-state index contributed by atoms with van der Waals surface area (Å²) >= 11 is 5.60. The molecule has 1 aromatic rings. The summed E-state index contributed by atoms with van der Waals surface area (Å²) in [4.78, 5) is 0.246. The van der Waals surface area contributed by atoms with Crippen molar-refractivity contribution in [1.29, 1.82) is 0 Å². The molecule has 2 N–H and O–H groups in total. The van der Waals surface area contributed by atoms with Gasteiger partial charge in [-0.15, -0.1) is 11.6 Å². The molecule has 98 valence electrons. The van der Waals surface area contributed by atoms with Crippen LogP contribution in [0.2, 0.25) is 0 Å². The van der Waals surface area contributed by atoms with E-state index in [4.69, 9.17) is 11.6 Å². The summed E-state index contributed by atoms with van der Waals surface area (Å²) in [5, 5.41) is 6.55. The van der Waals surface area contributed by atoms with Gasteiger partial charge in [-0.2, -0.15) is 5.10 Å². The van der Waals surface area contributed by atoms with Gasteiger partial charge in [0.05, 0.1) is 11.4 Å². The molecule has 0 fully saturated rings. The zero-order chi connectivity index (χ0) is 13.1. The molecule has 1 aromatic heterocycles. The van der Waals surface area contributed by atoms with Crippen LogP contribution in [0.4, 0.5) is 0 Å². The molecule has 1 heterocycles. The van der Waals surface area contributed by atoms with E-state index in [-0.39, 0.29) is 10.8 Å². The minimum Gasteiger partial charge on any atom is -0.281 e. The van der Waals surface area contributed by atoms with Gasteiger partial charge < -0.3 is 0 Å². The Hall–Kier alpha value is -0.590. The van der Waals surface area contributed by atoms with E-state index in [1.807, 2.05) is 6.92 Å². The Morgan fingerprint density at radius 2 is 2.12 bits per heavy atom. The van der Waals surface area contributed by atoms with E-state index in [0.29, 0.717) is 23.8 Å². The molecule has 0 spiro atoms. The van der Waals surface area contributed by atoms with Crippen LogP contribution in [-0.2, 0) is 10.0 Å². The number of rotatable bonds is 6. The molecule has 0 amide bonds. The number of aromatic amines is 1. The topological polar surface area (TPSA) is 74.8 Å². The highest BCUT2D eigenvalue weighted by Crippen LogP contribution is 2.16. The van der Waals surface area contributed by atoms with E-state index in [1.54, 1.807) is 13.8 Å². The van der Waals surface area contributed by atoms with Crippen LogP contribution in [0.1, 0.15) is 24.7 Å². The number of aryl methyl sites for hydroxylation is 2. The Morgan fingerprint density at radius 3 is 2.59 bits per heavy atom. The van der Waals surface area contributed by atoms with Crippen LogP contribution in [0.25, 0.3) is 0 Å². The lowest BCUT2D eigenvalue weighted by atomic mass is 10.1. The number of sulfonamides is 1. The van der Waals surface area contributed by atoms with Crippen molar-refractivity contribution in [3.63, 3.8) is 0 Å². The zero-order valence-corrected chi connectivity index (χ0v) is 11.8. The Balaban J connectivity index is 2.76. The average Bonchev–Trinajstić information content (AvgIpc) is 2.57. The predicted molar refractivity (Wildman–Crippen MR) is 67.8 cm³/mol. The molecule has 0 radical (unpaired) electrons. The molecule has 1 unspecified atom stereocenters. The number of alkyl halides is 1. The fourth-order valence-electron chi connectivity index (χ4n) is 1.55. The standard InChI is InChI=1S/C10H18ClN3O2S/c1-7(4-5-11)6-12-17(15,16)10-8(2)13-14-9(10)3/h7,12H,4-6H2,1-3H3,(H,13,14). The van der Waals surface area contributed by atoms with Gasteiger partial charge in [-0.3, -0.25) is 5.10 Å². The van der Waals surface area contributed by atoms with Gasteiger partial charge in [-0.25, -0.2) is 13.1 Å². The molecule has 7 heteroatoms. The maximum absolute atomic E-state index is 12.0. The smallest absolute Gasteiger partial charge is 0.244 e. The summed E-state index contributed by atoms with van der Waals surface area (Å²) in [6.45, 7) is 5.70. The number of halogens is 1. The molecule has 0 aliphatic heterocycles. The van der Waals surface area contributed by atoms with Crippen molar-refractivity contribution < 1.29 is 8.42 Å². The summed E-state index contributed by atoms with van der Waals surface area (Å²) in [5.41, 5.74) is 1.04. The van der Waals surface area contributed by atoms with Gasteiger partial charge in [0.15, 0.2) is 0 Å². The predicted octanol–water partition coefficient (Wildman–Crippen LogP) is 1.57. The summed E-state index contributed by atoms with van der Waals surface area (Å²) < 4.78 is 26.7. The second-order valence-electron chi connectivity index (χ2n) is 4.20. The summed E-state index contributed by atoms with van der Waals surface area (Å²) in [6.07, 6.45) is 0.785. The Morgan fingerprint density at radius 1 is 1.47 bits per heavy atom. The second-order valence-corrected chi connectivity index (χ2v) is 6.28. The SMILES string of the molecule is Cc1n[nH]c(C)c1S(=O)(=O)NCC(C)CCCl. The lowest BCUT2D eigenvalue weighted by molar-refractivity contribution is 0.529. The molecule has 17 heavy (non-hydrogen) atoms. The normalized spacial score (nSPS) is 13.9. The Kier molecular flexibility index (Phi) is 4.97. The van der Waals surface area contributed by atoms with Crippen LogP contribution in [0.5, 0.6) is 0 Å². The molecule has 1 atom stereocenters. The van der Waals surface area contributed by atoms with Crippen molar-refractivity contribution >= 4 is 21.6 Å². The number of nitrogens with one attached hydrogen (secondary N) is 2. The van der Waals surface area contributed by atoms with Crippen molar-refractivity contribution in [3.05, 3.63) is 11.4 Å². The third-order valence-corrected chi connectivity index (χ3v) is 4.46. The number of hydrogen-bond donors (Lipinski definition) is 2. The van der Waals surface area contributed by atoms with E-state index in [0.717, 1.165) is 6.42 Å². The molecular formula is C10H18ClN3O2S. The van der Waals surface area contributed by atoms with Gasteiger partial charge in [0.25, 0.3) is 0 Å². The molecule has 0 aromatic carbocycles. The summed E-state index contributed by atoms with van der Waals surface area (Å²) in [5.74, 6) is 0.752. The molecule has 0 saturated heterocycles. The molecule has 5 nitrogen and oxygen atoms in total. The van der Waals surface area contributed by atoms with Gasteiger partial charge in [0.2, 0.25) is 10.0 Å². The average molecular weight is 280 g/mol. The first-order chi connectivity index (χ1) is 7.88. The highest BCUT2D eigenvalue weighted by Gasteiger charge is 2.22. The Labute approximate surface area is 107 Å². The van der Waals surface area contributed by atoms with Gasteiger partial charge in [-0.1, -0.05) is 6.92 Å². The number of nitrogens with zero attached hydrogens (tertiary/aromatic N) is 1. The van der Waals surface area contributed by atoms with Crippen LogP contribution in [-0.4, -0.2) is 31.0 Å². The van der Waals surface area contributed by atoms with Crippen molar-refractivity contribution in [1.82, 2.24) is 14.9 Å². The maximum atomic E-state index is 12.0. The summed E-state index contributed by atoms with van der Waals surface area (Å²) in [7, 11) is -3.48. The number of hydrogen-bond acceptors (Lipinski definition) is 3. The zero-order valence-electron chi connectivity index (χ0n) is 10.2. The molecule has 0 aliphatic rings. The van der Waals surface area contributed by atoms with Crippen molar-refractivity contribution in [2.24, 2.45) is 5.92 Å². The lowest BCUT2D eigenvalue weighted by Gasteiger charge is -2.11. The third kappa shape index (κ3) is 3.69. The monoisotopic (exact) mass is 279 g/mol. The van der Waals surface area contributed by atoms with Crippen LogP contribution in [0.15, 0.2) is 4.90 Å². The molecule has 0 saturated carbocycles. The van der Waals surface area contributed by atoms with E-state index >= 15 is 0 Å². The molecular weight excluding hydrogens is 262 g/mol. The number of H-pyrrole nitrogens is 1. The van der Waals surface area contributed by atoms with Crippen molar-refractivity contribution in [2.75, 3.05) is 12.4 Å². The summed E-state index contributed by atoms with van der Waals surface area (Å²) in [6, 6.07) is 0. The quantitative estimate of drug-likeness (QED) is 0.776. The van der Waals surface area contributed by atoms with Gasteiger partial charge in [-0.05, 0) is 26.2 Å². The highest BCUT2D eigenvalue weighted by atomic mass is 35.5. The maximum Gasteiger partial charge on any atom is 0.244 e. The van der Waals surface area contributed by atoms with Crippen LogP contribution < -0.4 is 4.72 Å². The van der Waals surface area contributed by atoms with Crippen LogP contribution >= 0.6 is 11.6 Å². The minimum absolute atomic E-state index is 0.217. The van der Waals surface area contributed by atoms with Crippen molar-refractivity contribution in [3.8, 4) is 0 Å². The van der Waals surface area contributed by atoms with E-state index in [2.05, 4.69) is 14.9 Å². The molecule has 0 bridgehead atoms. The highest BCUT2D eigenvalue weighted by molar-refractivity contribution is 7.89. The van der Waals surface area contributed by atoms with Gasteiger partial charge >= 0.3 is 0 Å². The van der Waals surface area contributed by atoms with Crippen LogP contribution in [0, 0.1) is 19.8 Å². The second kappa shape index (κ2) is 5.84. The van der Waals surface area contributed by atoms with E-state index < -0.39 is 10.0 Å². The van der Waals surface area contributed by atoms with Gasteiger partial charge in [0, 0.05) is 12.4 Å². The van der Waals surface area contributed by atoms with E-state index in [9.17, 15) is 8.42 Å².